The van der Waals surface area contributed by atoms with E-state index in [4.69, 9.17) is 10.8 Å². The summed E-state index contributed by atoms with van der Waals surface area (Å²) in [5.41, 5.74) is 1.84. The van der Waals surface area contributed by atoms with Crippen LogP contribution in [0.5, 0.6) is 0 Å². The Kier molecular flexibility index (Phi) is 5.36. The summed E-state index contributed by atoms with van der Waals surface area (Å²) in [5.74, 6) is -2.61. The molecule has 4 N–H and O–H groups in total. The molecule has 0 radical (unpaired) electrons. The van der Waals surface area contributed by atoms with Crippen LogP contribution in [0.4, 0.5) is 13.2 Å². The second-order valence-electron chi connectivity index (χ2n) is 3.40. The maximum absolute atomic E-state index is 12.3. The molecule has 0 aliphatic heterocycles. The van der Waals surface area contributed by atoms with Crippen molar-refractivity contribution in [3.05, 3.63) is 0 Å². The molecule has 0 spiro atoms. The van der Waals surface area contributed by atoms with Crippen LogP contribution in [0.15, 0.2) is 0 Å². The minimum atomic E-state index is -4.86. The molecule has 0 aromatic rings. The first-order valence-corrected chi connectivity index (χ1v) is 4.52. The van der Waals surface area contributed by atoms with Gasteiger partial charge in [0.1, 0.15) is 6.61 Å². The van der Waals surface area contributed by atoms with Crippen molar-refractivity contribution < 1.29 is 32.6 Å². The predicted octanol–water partition coefficient (Wildman–Crippen LogP) is -0.516. The molecule has 0 aromatic carbocycles. The van der Waals surface area contributed by atoms with Gasteiger partial charge in [0, 0.05) is 6.54 Å². The second-order valence-corrected chi connectivity index (χ2v) is 3.40. The quantitative estimate of drug-likeness (QED) is 0.557. The normalized spacial score (nSPS) is 15.1. The molecule has 0 fully saturated rings. The Morgan fingerprint density at radius 2 is 1.94 bits per heavy atom. The van der Waals surface area contributed by atoms with Crippen LogP contribution in [0.2, 0.25) is 0 Å². The van der Waals surface area contributed by atoms with Crippen molar-refractivity contribution in [2.75, 3.05) is 19.8 Å². The van der Waals surface area contributed by atoms with Crippen LogP contribution in [-0.4, -0.2) is 48.5 Å². The summed E-state index contributed by atoms with van der Waals surface area (Å²) < 4.78 is 41.3. The Labute approximate surface area is 94.9 Å². The molecule has 9 heteroatoms. The van der Waals surface area contributed by atoms with E-state index in [0.717, 1.165) is 0 Å². The van der Waals surface area contributed by atoms with Crippen LogP contribution in [0.3, 0.4) is 0 Å². The lowest BCUT2D eigenvalue weighted by Gasteiger charge is -2.26. The number of halogens is 3. The first-order chi connectivity index (χ1) is 7.59. The Bertz CT molecular complexity index is 291. The van der Waals surface area contributed by atoms with Gasteiger partial charge in [-0.3, -0.25) is 4.79 Å². The van der Waals surface area contributed by atoms with E-state index in [-0.39, 0.29) is 13.2 Å². The molecule has 0 aliphatic rings. The second kappa shape index (κ2) is 5.82. The molecule has 1 unspecified atom stereocenters. The first-order valence-electron chi connectivity index (χ1n) is 4.52. The number of nitrogens with one attached hydrogen (secondary N) is 1. The number of amides is 1. The van der Waals surface area contributed by atoms with E-state index >= 15 is 0 Å². The number of carboxylic acid groups (broad SMARTS) is 1. The largest absolute Gasteiger partial charge is 0.480 e. The molecule has 0 saturated carbocycles. The number of rotatable bonds is 6. The molecule has 1 amide bonds. The zero-order valence-corrected chi connectivity index (χ0v) is 9.00. The van der Waals surface area contributed by atoms with Gasteiger partial charge in [0.2, 0.25) is 5.91 Å². The molecular weight excluding hydrogens is 245 g/mol. The van der Waals surface area contributed by atoms with Gasteiger partial charge >= 0.3 is 12.1 Å². The van der Waals surface area contributed by atoms with Crippen LogP contribution in [-0.2, 0) is 14.3 Å². The topological polar surface area (TPSA) is 102 Å². The van der Waals surface area contributed by atoms with Gasteiger partial charge < -0.3 is 20.9 Å². The van der Waals surface area contributed by atoms with Crippen molar-refractivity contribution in [3.8, 4) is 0 Å². The monoisotopic (exact) mass is 258 g/mol. The lowest BCUT2D eigenvalue weighted by atomic mass is 10.0. The molecule has 0 saturated heterocycles. The van der Waals surface area contributed by atoms with Gasteiger partial charge in [0.15, 0.2) is 5.54 Å². The number of ether oxygens (including phenoxy) is 1. The lowest BCUT2D eigenvalue weighted by molar-refractivity contribution is -0.187. The maximum Gasteiger partial charge on any atom is 0.415 e. The van der Waals surface area contributed by atoms with E-state index < -0.39 is 30.2 Å². The van der Waals surface area contributed by atoms with Crippen LogP contribution in [0.1, 0.15) is 6.92 Å². The molecule has 0 heterocycles. The molecule has 0 rings (SSSR count). The van der Waals surface area contributed by atoms with Gasteiger partial charge in [-0.05, 0) is 6.92 Å². The van der Waals surface area contributed by atoms with Crippen molar-refractivity contribution in [1.29, 1.82) is 0 Å². The number of aliphatic carboxylic acids is 1. The van der Waals surface area contributed by atoms with Crippen molar-refractivity contribution in [1.82, 2.24) is 5.32 Å². The van der Waals surface area contributed by atoms with Crippen LogP contribution in [0, 0.1) is 0 Å². The summed E-state index contributed by atoms with van der Waals surface area (Å²) in [4.78, 5) is 21.1. The number of nitrogens with two attached hydrogens (primary N) is 1. The Morgan fingerprint density at radius 3 is 2.35 bits per heavy atom. The maximum atomic E-state index is 12.3. The van der Waals surface area contributed by atoms with Crippen LogP contribution >= 0.6 is 0 Å². The zero-order valence-electron chi connectivity index (χ0n) is 9.00. The average molecular weight is 258 g/mol. The number of alkyl halides is 3. The van der Waals surface area contributed by atoms with E-state index in [1.54, 1.807) is 0 Å². The number of carbonyl (C=O) groups is 2. The number of hydrogen-bond donors (Lipinski definition) is 3. The molecular formula is C8H13F3N2O4. The summed E-state index contributed by atoms with van der Waals surface area (Å²) in [5, 5.41) is 10.1. The Balaban J connectivity index is 3.99. The van der Waals surface area contributed by atoms with Crippen molar-refractivity contribution >= 4 is 11.9 Å². The standard InChI is InChI=1S/C8H13F3N2O4/c1-7(12,8(9,10)11)6(16)13-2-3-17-4-5(14)15/h2-4,12H2,1H3,(H,13,16)(H,14,15). The minimum absolute atomic E-state index is 0.216. The third-order valence-electron chi connectivity index (χ3n) is 1.82. The summed E-state index contributed by atoms with van der Waals surface area (Å²) in [6.45, 7) is -0.517. The van der Waals surface area contributed by atoms with Crippen LogP contribution in [0.25, 0.3) is 0 Å². The third kappa shape index (κ3) is 5.00. The predicted molar refractivity (Wildman–Crippen MR) is 50.1 cm³/mol. The molecule has 0 aliphatic carbocycles. The third-order valence-corrected chi connectivity index (χ3v) is 1.82. The smallest absolute Gasteiger partial charge is 0.415 e. The minimum Gasteiger partial charge on any atom is -0.480 e. The highest BCUT2D eigenvalue weighted by Crippen LogP contribution is 2.27. The molecule has 0 bridgehead atoms. The van der Waals surface area contributed by atoms with E-state index in [2.05, 4.69) is 4.74 Å². The van der Waals surface area contributed by atoms with Crippen LogP contribution < -0.4 is 11.1 Å². The molecule has 1 atom stereocenters. The van der Waals surface area contributed by atoms with E-state index in [1.165, 1.54) is 0 Å². The summed E-state index contributed by atoms with van der Waals surface area (Å²) in [7, 11) is 0. The fourth-order valence-corrected chi connectivity index (χ4v) is 0.709. The van der Waals surface area contributed by atoms with Crippen molar-refractivity contribution in [3.63, 3.8) is 0 Å². The number of carboxylic acids is 1. The molecule has 17 heavy (non-hydrogen) atoms. The van der Waals surface area contributed by atoms with Gasteiger partial charge in [-0.1, -0.05) is 0 Å². The van der Waals surface area contributed by atoms with E-state index in [0.29, 0.717) is 6.92 Å². The van der Waals surface area contributed by atoms with Crippen molar-refractivity contribution in [2.45, 2.75) is 18.6 Å². The zero-order chi connectivity index (χ0) is 13.7. The highest BCUT2D eigenvalue weighted by Gasteiger charge is 2.53. The van der Waals surface area contributed by atoms with Gasteiger partial charge in [0.05, 0.1) is 6.61 Å². The fourth-order valence-electron chi connectivity index (χ4n) is 0.709. The lowest BCUT2D eigenvalue weighted by Crippen LogP contribution is -2.61. The van der Waals surface area contributed by atoms with Gasteiger partial charge in [-0.15, -0.1) is 0 Å². The Hall–Kier alpha value is -1.35. The summed E-state index contributed by atoms with van der Waals surface area (Å²) in [6, 6.07) is 0. The van der Waals surface area contributed by atoms with E-state index in [9.17, 15) is 22.8 Å². The Morgan fingerprint density at radius 1 is 1.41 bits per heavy atom. The molecule has 0 aromatic heterocycles. The van der Waals surface area contributed by atoms with Gasteiger partial charge in [0.25, 0.3) is 0 Å². The fraction of sp³-hybridized carbons (Fsp3) is 0.750. The molecule has 100 valence electrons. The molecule has 6 nitrogen and oxygen atoms in total. The van der Waals surface area contributed by atoms with Gasteiger partial charge in [-0.25, -0.2) is 4.79 Å². The SMILES string of the molecule is CC(N)(C(=O)NCCOCC(=O)O)C(F)(F)F. The first kappa shape index (κ1) is 15.7. The average Bonchev–Trinajstić information content (AvgIpc) is 2.14. The summed E-state index contributed by atoms with van der Waals surface area (Å²) in [6.07, 6.45) is -4.86. The highest BCUT2D eigenvalue weighted by atomic mass is 19.4. The van der Waals surface area contributed by atoms with Crippen molar-refractivity contribution in [2.24, 2.45) is 5.73 Å². The van der Waals surface area contributed by atoms with Gasteiger partial charge in [-0.2, -0.15) is 13.2 Å². The highest BCUT2D eigenvalue weighted by molar-refractivity contribution is 5.86. The van der Waals surface area contributed by atoms with E-state index in [1.807, 2.05) is 5.32 Å². The summed E-state index contributed by atoms with van der Waals surface area (Å²) >= 11 is 0. The number of carbonyl (C=O) groups excluding carboxylic acids is 1. The number of hydrogen-bond acceptors (Lipinski definition) is 4.